The minimum atomic E-state index is -0.635. The summed E-state index contributed by atoms with van der Waals surface area (Å²) in [5.41, 5.74) is 0.850. The van der Waals surface area contributed by atoms with E-state index in [9.17, 15) is 14.4 Å². The van der Waals surface area contributed by atoms with Gasteiger partial charge in [0, 0.05) is 38.8 Å². The second-order valence-electron chi connectivity index (χ2n) is 6.01. The monoisotopic (exact) mass is 331 g/mol. The maximum Gasteiger partial charge on any atom is 0.249 e. The predicted molar refractivity (Wildman–Crippen MR) is 87.3 cm³/mol. The van der Waals surface area contributed by atoms with Crippen LogP contribution in [0.4, 0.5) is 5.82 Å². The summed E-state index contributed by atoms with van der Waals surface area (Å²) in [5, 5.41) is 8.21. The Kier molecular flexibility index (Phi) is 5.05. The Bertz CT molecular complexity index is 642. The molecule has 3 N–H and O–H groups in total. The van der Waals surface area contributed by atoms with E-state index < -0.39 is 11.9 Å². The average molecular weight is 331 g/mol. The number of piperazine rings is 1. The Morgan fingerprint density at radius 1 is 1.33 bits per heavy atom. The minimum absolute atomic E-state index is 0.180. The Balaban J connectivity index is 1.58. The highest BCUT2D eigenvalue weighted by Crippen LogP contribution is 2.14. The molecule has 3 rings (SSSR count). The number of pyridine rings is 1. The molecule has 0 saturated carbocycles. The topological polar surface area (TPSA) is 103 Å². The van der Waals surface area contributed by atoms with Crippen molar-refractivity contribution >= 4 is 23.5 Å². The Labute approximate surface area is 140 Å². The van der Waals surface area contributed by atoms with Crippen molar-refractivity contribution in [3.8, 4) is 0 Å². The van der Waals surface area contributed by atoms with Gasteiger partial charge in [0.25, 0.3) is 0 Å². The molecule has 2 fully saturated rings. The predicted octanol–water partition coefficient (Wildman–Crippen LogP) is -1.04. The first-order valence-corrected chi connectivity index (χ1v) is 8.15. The number of amides is 3. The zero-order valence-corrected chi connectivity index (χ0v) is 13.4. The molecule has 1 aromatic rings. The normalized spacial score (nSPS) is 21.3. The molecule has 2 aliphatic heterocycles. The van der Waals surface area contributed by atoms with E-state index in [1.54, 1.807) is 12.3 Å². The first kappa shape index (κ1) is 16.4. The lowest BCUT2D eigenvalue weighted by Gasteiger charge is -2.28. The highest BCUT2D eigenvalue weighted by Gasteiger charge is 2.27. The molecule has 1 aromatic heterocycles. The van der Waals surface area contributed by atoms with Crippen molar-refractivity contribution in [2.45, 2.75) is 25.3 Å². The van der Waals surface area contributed by atoms with Crippen LogP contribution >= 0.6 is 0 Å². The Hall–Kier alpha value is -2.48. The largest absolute Gasteiger partial charge is 0.354 e. The third-order valence-corrected chi connectivity index (χ3v) is 4.19. The summed E-state index contributed by atoms with van der Waals surface area (Å²) in [6.07, 6.45) is 2.48. The second kappa shape index (κ2) is 7.39. The van der Waals surface area contributed by atoms with Crippen LogP contribution in [-0.4, -0.2) is 54.9 Å². The van der Waals surface area contributed by atoms with Crippen molar-refractivity contribution in [1.82, 2.24) is 20.9 Å². The standard InChI is InChI=1S/C16H21N5O3/c22-14-2-1-12(16(24)20-14)19-15(23)10-11-3-4-18-13(9-11)21-7-5-17-6-8-21/h3-4,9,12,17H,1-2,5-8,10H2,(H,19,23)(H,20,22,24). The van der Waals surface area contributed by atoms with Crippen molar-refractivity contribution in [1.29, 1.82) is 0 Å². The van der Waals surface area contributed by atoms with Gasteiger partial charge in [0.05, 0.1) is 6.42 Å². The zero-order chi connectivity index (χ0) is 16.9. The van der Waals surface area contributed by atoms with Crippen LogP contribution in [0.15, 0.2) is 18.3 Å². The number of nitrogens with one attached hydrogen (secondary N) is 3. The van der Waals surface area contributed by atoms with Crippen LogP contribution in [0.1, 0.15) is 18.4 Å². The first-order valence-electron chi connectivity index (χ1n) is 8.15. The number of nitrogens with zero attached hydrogens (tertiary/aromatic N) is 2. The van der Waals surface area contributed by atoms with Gasteiger partial charge in [-0.1, -0.05) is 0 Å². The molecule has 3 amide bonds. The fraction of sp³-hybridized carbons (Fsp3) is 0.500. The van der Waals surface area contributed by atoms with Crippen molar-refractivity contribution < 1.29 is 14.4 Å². The number of carbonyl (C=O) groups excluding carboxylic acids is 3. The summed E-state index contributed by atoms with van der Waals surface area (Å²) in [6.45, 7) is 3.61. The van der Waals surface area contributed by atoms with E-state index >= 15 is 0 Å². The number of imide groups is 1. The van der Waals surface area contributed by atoms with Crippen LogP contribution in [0.3, 0.4) is 0 Å². The number of rotatable bonds is 4. The molecule has 1 atom stereocenters. The number of aromatic nitrogens is 1. The van der Waals surface area contributed by atoms with Gasteiger partial charge in [-0.15, -0.1) is 0 Å². The molecule has 0 bridgehead atoms. The number of carbonyl (C=O) groups is 3. The van der Waals surface area contributed by atoms with Crippen molar-refractivity contribution in [2.24, 2.45) is 0 Å². The van der Waals surface area contributed by atoms with E-state index in [4.69, 9.17) is 0 Å². The van der Waals surface area contributed by atoms with E-state index in [2.05, 4.69) is 25.8 Å². The fourth-order valence-corrected chi connectivity index (χ4v) is 2.90. The number of hydrogen-bond donors (Lipinski definition) is 3. The smallest absolute Gasteiger partial charge is 0.249 e. The third kappa shape index (κ3) is 4.08. The molecule has 3 heterocycles. The van der Waals surface area contributed by atoms with Crippen LogP contribution < -0.4 is 20.9 Å². The van der Waals surface area contributed by atoms with Gasteiger partial charge in [0.2, 0.25) is 17.7 Å². The highest BCUT2D eigenvalue weighted by atomic mass is 16.2. The molecular formula is C16H21N5O3. The van der Waals surface area contributed by atoms with Crippen LogP contribution in [0.5, 0.6) is 0 Å². The van der Waals surface area contributed by atoms with Gasteiger partial charge in [0.15, 0.2) is 0 Å². The van der Waals surface area contributed by atoms with E-state index in [1.807, 2.05) is 6.07 Å². The molecule has 24 heavy (non-hydrogen) atoms. The van der Waals surface area contributed by atoms with Gasteiger partial charge in [-0.2, -0.15) is 0 Å². The molecule has 0 aliphatic carbocycles. The van der Waals surface area contributed by atoms with E-state index in [1.165, 1.54) is 0 Å². The van der Waals surface area contributed by atoms with Crippen LogP contribution in [0.2, 0.25) is 0 Å². The van der Waals surface area contributed by atoms with E-state index in [0.717, 1.165) is 37.6 Å². The second-order valence-corrected chi connectivity index (χ2v) is 6.01. The van der Waals surface area contributed by atoms with Crippen molar-refractivity contribution in [2.75, 3.05) is 31.1 Å². The lowest BCUT2D eigenvalue weighted by molar-refractivity contribution is -0.137. The maximum atomic E-state index is 12.2. The third-order valence-electron chi connectivity index (χ3n) is 4.19. The molecular weight excluding hydrogens is 310 g/mol. The maximum absolute atomic E-state index is 12.2. The molecule has 128 valence electrons. The average Bonchev–Trinajstić information content (AvgIpc) is 2.58. The highest BCUT2D eigenvalue weighted by molar-refractivity contribution is 6.01. The number of piperidine rings is 1. The minimum Gasteiger partial charge on any atom is -0.354 e. The van der Waals surface area contributed by atoms with Gasteiger partial charge >= 0.3 is 0 Å². The molecule has 0 radical (unpaired) electrons. The molecule has 2 saturated heterocycles. The Morgan fingerprint density at radius 2 is 2.12 bits per heavy atom. The summed E-state index contributed by atoms with van der Waals surface area (Å²) < 4.78 is 0. The lowest BCUT2D eigenvalue weighted by atomic mass is 10.1. The van der Waals surface area contributed by atoms with Gasteiger partial charge < -0.3 is 15.5 Å². The van der Waals surface area contributed by atoms with Crippen molar-refractivity contribution in [3.63, 3.8) is 0 Å². The summed E-state index contributed by atoms with van der Waals surface area (Å²) >= 11 is 0. The van der Waals surface area contributed by atoms with Gasteiger partial charge in [0.1, 0.15) is 11.9 Å². The molecule has 2 aliphatic rings. The molecule has 0 aromatic carbocycles. The Morgan fingerprint density at radius 3 is 2.88 bits per heavy atom. The van der Waals surface area contributed by atoms with E-state index in [-0.39, 0.29) is 24.7 Å². The van der Waals surface area contributed by atoms with Gasteiger partial charge in [-0.25, -0.2) is 4.98 Å². The van der Waals surface area contributed by atoms with Gasteiger partial charge in [-0.3, -0.25) is 19.7 Å². The quantitative estimate of drug-likeness (QED) is 0.609. The lowest BCUT2D eigenvalue weighted by Crippen LogP contribution is -2.52. The summed E-state index contributed by atoms with van der Waals surface area (Å²) in [4.78, 5) is 41.5. The van der Waals surface area contributed by atoms with Crippen LogP contribution in [-0.2, 0) is 20.8 Å². The zero-order valence-electron chi connectivity index (χ0n) is 13.4. The molecule has 0 spiro atoms. The van der Waals surface area contributed by atoms with Crippen LogP contribution in [0, 0.1) is 0 Å². The first-order chi connectivity index (χ1) is 11.6. The summed E-state index contributed by atoms with van der Waals surface area (Å²) in [7, 11) is 0. The number of hydrogen-bond acceptors (Lipinski definition) is 6. The van der Waals surface area contributed by atoms with Gasteiger partial charge in [-0.05, 0) is 24.1 Å². The van der Waals surface area contributed by atoms with E-state index in [0.29, 0.717) is 6.42 Å². The van der Waals surface area contributed by atoms with Crippen LogP contribution in [0.25, 0.3) is 0 Å². The summed E-state index contributed by atoms with van der Waals surface area (Å²) in [6, 6.07) is 3.08. The molecule has 8 nitrogen and oxygen atoms in total. The van der Waals surface area contributed by atoms with Crippen molar-refractivity contribution in [3.05, 3.63) is 23.9 Å². The fourth-order valence-electron chi connectivity index (χ4n) is 2.90. The number of anilines is 1. The molecule has 1 unspecified atom stereocenters. The summed E-state index contributed by atoms with van der Waals surface area (Å²) in [5.74, 6) is -0.0964. The SMILES string of the molecule is O=C1CCC(NC(=O)Cc2ccnc(N3CCNCC3)c2)C(=O)N1. The molecule has 8 heteroatoms.